The molecule has 0 saturated heterocycles. The van der Waals surface area contributed by atoms with Gasteiger partial charge >= 0.3 is 11.9 Å². The summed E-state index contributed by atoms with van der Waals surface area (Å²) in [5.41, 5.74) is -1.26. The zero-order valence-electron chi connectivity index (χ0n) is 17.0. The van der Waals surface area contributed by atoms with E-state index in [9.17, 15) is 27.2 Å². The molecular formula is C22H18F4N4O3. The number of fused-ring (bicyclic) bond motifs is 1. The van der Waals surface area contributed by atoms with Gasteiger partial charge in [-0.3, -0.25) is 14.8 Å². The number of aromatic amines is 2. The number of alkyl halides is 4. The molecule has 2 heterocycles. The number of hydrogen-bond donors (Lipinski definition) is 2. The second-order valence-corrected chi connectivity index (χ2v) is 7.29. The first-order valence-electron chi connectivity index (χ1n) is 9.86. The molecule has 2 N–H and O–H groups in total. The van der Waals surface area contributed by atoms with Crippen molar-refractivity contribution in [3.63, 3.8) is 0 Å². The lowest BCUT2D eigenvalue weighted by molar-refractivity contribution is -0.137. The van der Waals surface area contributed by atoms with Crippen LogP contribution in [0, 0.1) is 0 Å². The number of halogens is 4. The van der Waals surface area contributed by atoms with Crippen LogP contribution < -0.4 is 11.2 Å². The summed E-state index contributed by atoms with van der Waals surface area (Å²) in [7, 11) is 0. The number of H-pyrrole nitrogens is 2. The van der Waals surface area contributed by atoms with Gasteiger partial charge in [0.25, 0.3) is 5.56 Å². The van der Waals surface area contributed by atoms with E-state index in [-0.39, 0.29) is 35.5 Å². The highest BCUT2D eigenvalue weighted by Crippen LogP contribution is 2.31. The quantitative estimate of drug-likeness (QED) is 0.410. The number of aromatic nitrogens is 4. The molecule has 1 unspecified atom stereocenters. The molecule has 0 aliphatic carbocycles. The molecule has 0 radical (unpaired) electrons. The summed E-state index contributed by atoms with van der Waals surface area (Å²) in [5, 5.41) is 4.29. The zero-order chi connectivity index (χ0) is 23.6. The standard InChI is InChI=1S/C22H18F4N4O3/c23-10-17(14-6-8-15(9-7-14)22(24,25)26)30-19-18(20(31)28-21(32)27-19)16(29-30)12-33-11-13-4-2-1-3-5-13/h1-9,17H,10-12H2,(H2,27,28,31,32). The average Bonchev–Trinajstić information content (AvgIpc) is 3.13. The van der Waals surface area contributed by atoms with Gasteiger partial charge in [0.15, 0.2) is 0 Å². The minimum atomic E-state index is -4.54. The van der Waals surface area contributed by atoms with Crippen LogP contribution in [0.15, 0.2) is 64.2 Å². The molecule has 33 heavy (non-hydrogen) atoms. The topological polar surface area (TPSA) is 92.8 Å². The Labute approximate surface area is 183 Å². The van der Waals surface area contributed by atoms with Gasteiger partial charge in [-0.05, 0) is 23.3 Å². The van der Waals surface area contributed by atoms with Gasteiger partial charge in [0, 0.05) is 0 Å². The monoisotopic (exact) mass is 462 g/mol. The maximum Gasteiger partial charge on any atom is 0.416 e. The van der Waals surface area contributed by atoms with E-state index in [4.69, 9.17) is 4.74 Å². The maximum atomic E-state index is 14.1. The Morgan fingerprint density at radius 2 is 1.67 bits per heavy atom. The Hall–Kier alpha value is -3.73. The van der Waals surface area contributed by atoms with Crippen LogP contribution in [-0.2, 0) is 24.1 Å². The summed E-state index contributed by atoms with van der Waals surface area (Å²) >= 11 is 0. The van der Waals surface area contributed by atoms with Crippen LogP contribution in [0.4, 0.5) is 17.6 Å². The van der Waals surface area contributed by atoms with Crippen molar-refractivity contribution in [3.05, 3.63) is 97.8 Å². The Kier molecular flexibility index (Phi) is 6.14. The van der Waals surface area contributed by atoms with Gasteiger partial charge < -0.3 is 4.74 Å². The molecule has 1 atom stereocenters. The normalized spacial score (nSPS) is 12.8. The van der Waals surface area contributed by atoms with E-state index >= 15 is 0 Å². The van der Waals surface area contributed by atoms with Crippen molar-refractivity contribution >= 4 is 11.0 Å². The number of rotatable bonds is 7. The van der Waals surface area contributed by atoms with Crippen molar-refractivity contribution in [2.24, 2.45) is 0 Å². The highest BCUT2D eigenvalue weighted by Gasteiger charge is 2.31. The molecule has 7 nitrogen and oxygen atoms in total. The lowest BCUT2D eigenvalue weighted by Gasteiger charge is -2.16. The van der Waals surface area contributed by atoms with Crippen LogP contribution in [0.1, 0.15) is 28.4 Å². The third-order valence-electron chi connectivity index (χ3n) is 5.08. The van der Waals surface area contributed by atoms with Gasteiger partial charge in [0.05, 0.1) is 18.8 Å². The molecule has 11 heteroatoms. The minimum Gasteiger partial charge on any atom is -0.370 e. The fraction of sp³-hybridized carbons (Fsp3) is 0.227. The van der Waals surface area contributed by atoms with Crippen molar-refractivity contribution in [1.29, 1.82) is 0 Å². The Morgan fingerprint density at radius 3 is 2.30 bits per heavy atom. The molecule has 0 bridgehead atoms. The number of hydrogen-bond acceptors (Lipinski definition) is 4. The predicted molar refractivity (Wildman–Crippen MR) is 111 cm³/mol. The highest BCUT2D eigenvalue weighted by atomic mass is 19.4. The van der Waals surface area contributed by atoms with Crippen molar-refractivity contribution in [3.8, 4) is 0 Å². The number of benzene rings is 2. The van der Waals surface area contributed by atoms with Crippen LogP contribution in [-0.4, -0.2) is 26.4 Å². The van der Waals surface area contributed by atoms with Gasteiger partial charge in [0.1, 0.15) is 29.4 Å². The van der Waals surface area contributed by atoms with E-state index in [1.807, 2.05) is 30.3 Å². The number of nitrogens with zero attached hydrogens (tertiary/aromatic N) is 2. The molecule has 4 aromatic rings. The molecule has 4 rings (SSSR count). The van der Waals surface area contributed by atoms with E-state index < -0.39 is 35.7 Å². The summed E-state index contributed by atoms with van der Waals surface area (Å²) in [6.45, 7) is -0.928. The van der Waals surface area contributed by atoms with E-state index in [0.717, 1.165) is 34.5 Å². The van der Waals surface area contributed by atoms with Crippen molar-refractivity contribution in [1.82, 2.24) is 19.7 Å². The molecule has 0 aliphatic heterocycles. The van der Waals surface area contributed by atoms with Crippen LogP contribution in [0.2, 0.25) is 0 Å². The first-order chi connectivity index (χ1) is 15.8. The molecule has 0 fully saturated rings. The van der Waals surface area contributed by atoms with E-state index in [0.29, 0.717) is 0 Å². The van der Waals surface area contributed by atoms with Gasteiger partial charge in [-0.15, -0.1) is 0 Å². The fourth-order valence-corrected chi connectivity index (χ4v) is 3.50. The molecule has 2 aromatic carbocycles. The summed E-state index contributed by atoms with van der Waals surface area (Å²) < 4.78 is 59.5. The van der Waals surface area contributed by atoms with E-state index in [2.05, 4.69) is 15.1 Å². The molecule has 0 amide bonds. The van der Waals surface area contributed by atoms with Crippen LogP contribution in [0.25, 0.3) is 11.0 Å². The fourth-order valence-electron chi connectivity index (χ4n) is 3.50. The largest absolute Gasteiger partial charge is 0.416 e. The zero-order valence-corrected chi connectivity index (χ0v) is 17.0. The maximum absolute atomic E-state index is 14.1. The van der Waals surface area contributed by atoms with Crippen molar-refractivity contribution < 1.29 is 22.3 Å². The van der Waals surface area contributed by atoms with Gasteiger partial charge in [-0.25, -0.2) is 13.9 Å². The van der Waals surface area contributed by atoms with Gasteiger partial charge in [-0.1, -0.05) is 42.5 Å². The SMILES string of the molecule is O=c1[nH]c(=O)c2c(COCc3ccccc3)nn(C(CF)c3ccc(C(F)(F)F)cc3)c2[nH]1. The smallest absolute Gasteiger partial charge is 0.370 e. The number of ether oxygens (including phenoxy) is 1. The average molecular weight is 462 g/mol. The second-order valence-electron chi connectivity index (χ2n) is 7.29. The minimum absolute atomic E-state index is 0.00743. The molecule has 0 saturated carbocycles. The summed E-state index contributed by atoms with van der Waals surface area (Å²) in [6, 6.07) is 12.0. The van der Waals surface area contributed by atoms with Crippen LogP contribution >= 0.6 is 0 Å². The van der Waals surface area contributed by atoms with Crippen molar-refractivity contribution in [2.45, 2.75) is 25.4 Å². The Morgan fingerprint density at radius 1 is 0.970 bits per heavy atom. The molecule has 0 spiro atoms. The molecular weight excluding hydrogens is 444 g/mol. The molecule has 2 aromatic heterocycles. The summed E-state index contributed by atoms with van der Waals surface area (Å²) in [5.74, 6) is 0. The second kappa shape index (κ2) is 9.02. The highest BCUT2D eigenvalue weighted by molar-refractivity contribution is 5.77. The predicted octanol–water partition coefficient (Wildman–Crippen LogP) is 3.71. The number of nitrogens with one attached hydrogen (secondary N) is 2. The van der Waals surface area contributed by atoms with Gasteiger partial charge in [0.2, 0.25) is 0 Å². The van der Waals surface area contributed by atoms with Gasteiger partial charge in [-0.2, -0.15) is 18.3 Å². The Balaban J connectivity index is 1.71. The van der Waals surface area contributed by atoms with Crippen LogP contribution in [0.5, 0.6) is 0 Å². The lowest BCUT2D eigenvalue weighted by Crippen LogP contribution is -2.24. The van der Waals surface area contributed by atoms with E-state index in [1.165, 1.54) is 0 Å². The van der Waals surface area contributed by atoms with E-state index in [1.54, 1.807) is 0 Å². The first-order valence-corrected chi connectivity index (χ1v) is 9.86. The van der Waals surface area contributed by atoms with Crippen molar-refractivity contribution in [2.75, 3.05) is 6.67 Å². The van der Waals surface area contributed by atoms with Crippen LogP contribution in [0.3, 0.4) is 0 Å². The Bertz CT molecular complexity index is 1360. The third-order valence-corrected chi connectivity index (χ3v) is 5.08. The first kappa shape index (κ1) is 22.5. The molecule has 172 valence electrons. The molecule has 0 aliphatic rings. The summed E-state index contributed by atoms with van der Waals surface area (Å²) in [4.78, 5) is 28.9. The third kappa shape index (κ3) is 4.72. The lowest BCUT2D eigenvalue weighted by atomic mass is 10.1. The summed E-state index contributed by atoms with van der Waals surface area (Å²) in [6.07, 6.45) is -4.54.